The van der Waals surface area contributed by atoms with Crippen molar-refractivity contribution >= 4 is 110 Å². The molecule has 3 aliphatic heterocycles. The number of carboxylic acids is 1. The minimum atomic E-state index is -0.983. The Balaban J connectivity index is 0.000000128. The Morgan fingerprint density at radius 2 is 0.862 bits per heavy atom. The van der Waals surface area contributed by atoms with Gasteiger partial charge in [0.25, 0.3) is 17.7 Å². The molecule has 3 aliphatic rings. The zero-order valence-electron chi connectivity index (χ0n) is 49.0. The SMILES string of the molecule is Cc1[nH]c(/C=C2\C(=O)Nc3ccc(-c4csc(-c5ccccc5)n4)cc32)c(C)c1C.Cc1[nH]c(/C=C2\C(=O)Nc3ccc(-c4csc(-c5cccnc5)n4)cc32)c(C)c1C.Cc1nc(-c2ccc3c(c2)/C(=C/c2[nH]c(C)c(C(=O)O)c2C)C(=O)N3)cs1. The third-order valence-corrected chi connectivity index (χ3v) is 18.7. The number of thiazole rings is 3. The summed E-state index contributed by atoms with van der Waals surface area (Å²) in [6.45, 7) is 17.8. The number of hydrogen-bond donors (Lipinski definition) is 7. The number of aryl methyl sites for hydroxylation is 4. The maximum atomic E-state index is 12.7. The summed E-state index contributed by atoms with van der Waals surface area (Å²) in [7, 11) is 0. The van der Waals surface area contributed by atoms with Crippen molar-refractivity contribution in [3.05, 3.63) is 215 Å². The fraction of sp³-hybridized carbons (Fsp3) is 0.130. The molecule has 0 atom stereocenters. The number of hydrogen-bond acceptors (Lipinski definition) is 11. The lowest BCUT2D eigenvalue weighted by Gasteiger charge is -2.03. The van der Waals surface area contributed by atoms with Gasteiger partial charge in [-0.05, 0) is 157 Å². The highest BCUT2D eigenvalue weighted by Crippen LogP contribution is 2.41. The molecule has 0 spiro atoms. The highest BCUT2D eigenvalue weighted by atomic mass is 32.1. The van der Waals surface area contributed by atoms with Crippen LogP contribution < -0.4 is 16.0 Å². The second-order valence-corrected chi connectivity index (χ2v) is 24.3. The molecular weight excluding hydrogens is 1150 g/mol. The molecule has 14 rings (SSSR count). The van der Waals surface area contributed by atoms with E-state index in [0.717, 1.165) is 122 Å². The van der Waals surface area contributed by atoms with Gasteiger partial charge in [0, 0.05) is 124 Å². The highest BCUT2D eigenvalue weighted by molar-refractivity contribution is 7.13. The van der Waals surface area contributed by atoms with Crippen LogP contribution in [0.1, 0.15) is 94.0 Å². The van der Waals surface area contributed by atoms with Crippen molar-refractivity contribution in [1.29, 1.82) is 0 Å². The topological polar surface area (TPSA) is 224 Å². The summed E-state index contributed by atoms with van der Waals surface area (Å²) in [5.41, 5.74) is 25.6. The predicted octanol–water partition coefficient (Wildman–Crippen LogP) is 16.1. The molecule has 7 N–H and O–H groups in total. The van der Waals surface area contributed by atoms with E-state index in [1.165, 1.54) is 16.7 Å². The van der Waals surface area contributed by atoms with Crippen molar-refractivity contribution in [2.24, 2.45) is 0 Å². The van der Waals surface area contributed by atoms with E-state index in [1.807, 2.05) is 122 Å². The van der Waals surface area contributed by atoms with Crippen molar-refractivity contribution in [1.82, 2.24) is 34.9 Å². The van der Waals surface area contributed by atoms with Gasteiger partial charge >= 0.3 is 5.97 Å². The molecule has 7 aromatic heterocycles. The van der Waals surface area contributed by atoms with Gasteiger partial charge in [0.05, 0.1) is 44.4 Å². The van der Waals surface area contributed by atoms with Crippen LogP contribution in [0, 0.1) is 62.3 Å². The Morgan fingerprint density at radius 3 is 1.25 bits per heavy atom. The summed E-state index contributed by atoms with van der Waals surface area (Å²) in [6, 6.07) is 31.9. The molecule has 87 heavy (non-hydrogen) atoms. The molecule has 0 unspecified atom stereocenters. The number of nitrogens with one attached hydrogen (secondary N) is 6. The second kappa shape index (κ2) is 23.4. The fourth-order valence-corrected chi connectivity index (χ4v) is 13.1. The molecule has 3 amide bonds. The van der Waals surface area contributed by atoms with Crippen molar-refractivity contribution < 1.29 is 24.3 Å². The van der Waals surface area contributed by atoms with Gasteiger partial charge in [0.2, 0.25) is 0 Å². The number of H-pyrrole nitrogens is 3. The Morgan fingerprint density at radius 1 is 0.448 bits per heavy atom. The van der Waals surface area contributed by atoms with Crippen LogP contribution in [0.5, 0.6) is 0 Å². The quantitative estimate of drug-likeness (QED) is 0.0682. The van der Waals surface area contributed by atoms with E-state index in [4.69, 9.17) is 9.97 Å². The maximum absolute atomic E-state index is 12.7. The lowest BCUT2D eigenvalue weighted by atomic mass is 10.0. The number of rotatable bonds is 9. The zero-order chi connectivity index (χ0) is 60.9. The van der Waals surface area contributed by atoms with E-state index in [1.54, 1.807) is 60.1 Å². The van der Waals surface area contributed by atoms with Crippen LogP contribution >= 0.6 is 34.0 Å². The molecule has 432 valence electrons. The minimum absolute atomic E-state index is 0.0743. The van der Waals surface area contributed by atoms with E-state index in [9.17, 15) is 24.3 Å². The van der Waals surface area contributed by atoms with E-state index < -0.39 is 5.97 Å². The van der Waals surface area contributed by atoms with Crippen LogP contribution in [-0.2, 0) is 14.4 Å². The molecule has 0 radical (unpaired) electrons. The van der Waals surface area contributed by atoms with Crippen LogP contribution in [0.2, 0.25) is 0 Å². The summed E-state index contributed by atoms with van der Waals surface area (Å²) in [5, 5.41) is 27.2. The van der Waals surface area contributed by atoms with Crippen molar-refractivity contribution in [3.8, 4) is 54.9 Å². The molecule has 4 aromatic carbocycles. The van der Waals surface area contributed by atoms with Gasteiger partial charge in [-0.1, -0.05) is 48.5 Å². The number of fused-ring (bicyclic) bond motifs is 3. The van der Waals surface area contributed by atoms with Crippen molar-refractivity contribution in [3.63, 3.8) is 0 Å². The van der Waals surface area contributed by atoms with Crippen LogP contribution in [0.15, 0.2) is 126 Å². The van der Waals surface area contributed by atoms with Gasteiger partial charge in [0.15, 0.2) is 0 Å². The number of carbonyl (C=O) groups is 4. The monoisotopic (exact) mass is 1200 g/mol. The molecule has 0 saturated heterocycles. The Bertz CT molecular complexity index is 4490. The second-order valence-electron chi connectivity index (χ2n) is 21.5. The number of carboxylic acid groups (broad SMARTS) is 1. The number of nitrogens with zero attached hydrogens (tertiary/aromatic N) is 4. The van der Waals surface area contributed by atoms with Crippen LogP contribution in [-0.4, -0.2) is 63.7 Å². The number of benzene rings is 4. The van der Waals surface area contributed by atoms with E-state index in [-0.39, 0.29) is 23.3 Å². The lowest BCUT2D eigenvalue weighted by molar-refractivity contribution is -0.111. The molecule has 11 aromatic rings. The average Bonchev–Trinajstić information content (AvgIpc) is 2.24. The number of aromatic amines is 3. The maximum Gasteiger partial charge on any atom is 0.337 e. The summed E-state index contributed by atoms with van der Waals surface area (Å²) in [5.74, 6) is -1.35. The van der Waals surface area contributed by atoms with Gasteiger partial charge in [-0.3, -0.25) is 19.4 Å². The lowest BCUT2D eigenvalue weighted by Crippen LogP contribution is -2.03. The first-order valence-electron chi connectivity index (χ1n) is 27.9. The first kappa shape index (κ1) is 57.3. The van der Waals surface area contributed by atoms with Crippen LogP contribution in [0.25, 0.3) is 89.9 Å². The number of pyridine rings is 1. The summed E-state index contributed by atoms with van der Waals surface area (Å²) < 4.78 is 0. The number of aromatic nitrogens is 7. The van der Waals surface area contributed by atoms with Gasteiger partial charge < -0.3 is 36.0 Å². The average molecular weight is 1200 g/mol. The molecule has 0 fully saturated rings. The summed E-state index contributed by atoms with van der Waals surface area (Å²) in [4.78, 5) is 77.4. The molecule has 0 saturated carbocycles. The fourth-order valence-electron chi connectivity index (χ4n) is 10.8. The van der Waals surface area contributed by atoms with Crippen LogP contribution in [0.4, 0.5) is 17.1 Å². The smallest absolute Gasteiger partial charge is 0.337 e. The summed E-state index contributed by atoms with van der Waals surface area (Å²) in [6.07, 6.45) is 9.19. The first-order chi connectivity index (χ1) is 41.9. The van der Waals surface area contributed by atoms with Crippen molar-refractivity contribution in [2.75, 3.05) is 16.0 Å². The molecule has 18 heteroatoms. The number of carbonyl (C=O) groups excluding carboxylic acids is 3. The van der Waals surface area contributed by atoms with Gasteiger partial charge in [0.1, 0.15) is 10.0 Å². The molecule has 10 heterocycles. The zero-order valence-corrected chi connectivity index (χ0v) is 51.4. The molecule has 0 aliphatic carbocycles. The third kappa shape index (κ3) is 11.2. The number of aromatic carboxylic acids is 1. The Labute approximate surface area is 513 Å². The predicted molar refractivity (Wildman–Crippen MR) is 353 cm³/mol. The van der Waals surface area contributed by atoms with Gasteiger partial charge in [-0.15, -0.1) is 34.0 Å². The number of anilines is 3. The normalized spacial score (nSPS) is 14.3. The van der Waals surface area contributed by atoms with Gasteiger partial charge in [-0.2, -0.15) is 0 Å². The third-order valence-electron chi connectivity index (χ3n) is 16.1. The van der Waals surface area contributed by atoms with E-state index in [2.05, 4.69) is 99.1 Å². The van der Waals surface area contributed by atoms with E-state index in [0.29, 0.717) is 33.7 Å². The van der Waals surface area contributed by atoms with E-state index >= 15 is 0 Å². The molecule has 15 nitrogen and oxygen atoms in total. The standard InChI is InChI=1S/C25H21N3OS.C24H20N4OS.C20H17N3O3S/c1-14-15(2)22(26-16(14)3)12-20-19-11-18(9-10-21(19)27-24(20)29)23-13-30-25(28-23)17-7-5-4-6-8-17;1-13-14(2)21(26-15(13)3)10-19-18-9-16(6-7-20(18)27-23(19)29)22-12-30-24(28-22)17-5-4-8-25-11-17;1-9-16(21-10(2)18(9)20(25)26)7-14-13-6-12(17-8-27-11(3)22-17)4-5-15(13)23-19(14)24/h4-13,26H,1-3H3,(H,27,29);4-12,26H,1-3H3,(H,27,29);4-8,21H,1-3H3,(H,23,24)(H,25,26)/b20-12-;19-10-;14-7-. The highest BCUT2D eigenvalue weighted by Gasteiger charge is 2.29. The van der Waals surface area contributed by atoms with Crippen LogP contribution in [0.3, 0.4) is 0 Å². The Hall–Kier alpha value is -10.1. The minimum Gasteiger partial charge on any atom is -0.478 e. The first-order valence-corrected chi connectivity index (χ1v) is 30.6. The molecular formula is C69H58N10O5S3. The van der Waals surface area contributed by atoms with Crippen molar-refractivity contribution in [2.45, 2.75) is 62.3 Å². The largest absolute Gasteiger partial charge is 0.478 e. The Kier molecular flexibility index (Phi) is 15.4. The van der Waals surface area contributed by atoms with Gasteiger partial charge in [-0.25, -0.2) is 19.7 Å². The summed E-state index contributed by atoms with van der Waals surface area (Å²) >= 11 is 4.79. The number of amides is 3. The molecule has 0 bridgehead atoms.